The van der Waals surface area contributed by atoms with Gasteiger partial charge in [0, 0.05) is 19.3 Å². The highest BCUT2D eigenvalue weighted by atomic mass is 31.2. The number of carbonyl (C=O) groups excluding carboxylic acids is 3. The molecule has 10 heteroatoms. The second-order valence-electron chi connectivity index (χ2n) is 13.3. The summed E-state index contributed by atoms with van der Waals surface area (Å²) in [5, 5.41) is 0. The van der Waals surface area contributed by atoms with E-state index in [1.165, 1.54) is 44.9 Å². The van der Waals surface area contributed by atoms with Gasteiger partial charge in [-0.1, -0.05) is 133 Å². The number of ketones is 1. The number of rotatable bonds is 36. The summed E-state index contributed by atoms with van der Waals surface area (Å²) >= 11 is 0. The van der Waals surface area contributed by atoms with E-state index in [1.54, 1.807) is 6.08 Å². The van der Waals surface area contributed by atoms with Crippen molar-refractivity contribution in [1.29, 1.82) is 0 Å². The summed E-state index contributed by atoms with van der Waals surface area (Å²) in [5.74, 6) is -0.784. The number of carbonyl (C=O) groups is 3. The molecule has 0 saturated carbocycles. The van der Waals surface area contributed by atoms with Crippen LogP contribution in [0, 0.1) is 0 Å². The Balaban J connectivity index is 4.03. The highest BCUT2D eigenvalue weighted by molar-refractivity contribution is 7.46. The van der Waals surface area contributed by atoms with Crippen molar-refractivity contribution in [3.8, 4) is 0 Å². The first-order chi connectivity index (χ1) is 24.7. The Morgan fingerprint density at radius 1 is 0.569 bits per heavy atom. The van der Waals surface area contributed by atoms with Crippen LogP contribution >= 0.6 is 7.82 Å². The Labute approximate surface area is 310 Å². The SMILES string of the molecule is CCCCC/C=C\C/C=C\CCCCCCCCCC(=O)O[C@H](COC(=O)CCCCCCC/C=C\C=C\C(=O)CCCCC)COP(=O)(O)O. The topological polar surface area (TPSA) is 136 Å². The molecule has 0 fully saturated rings. The Morgan fingerprint density at radius 3 is 1.65 bits per heavy atom. The summed E-state index contributed by atoms with van der Waals surface area (Å²) < 4.78 is 26.3. The summed E-state index contributed by atoms with van der Waals surface area (Å²) in [6, 6.07) is 0. The largest absolute Gasteiger partial charge is 0.469 e. The number of hydrogen-bond acceptors (Lipinski definition) is 7. The minimum Gasteiger partial charge on any atom is -0.462 e. The first-order valence-corrected chi connectivity index (χ1v) is 21.4. The van der Waals surface area contributed by atoms with E-state index < -0.39 is 32.5 Å². The summed E-state index contributed by atoms with van der Waals surface area (Å²) in [5.41, 5.74) is 0. The molecule has 0 aliphatic rings. The van der Waals surface area contributed by atoms with Gasteiger partial charge in [-0.3, -0.25) is 18.9 Å². The van der Waals surface area contributed by atoms with E-state index in [0.717, 1.165) is 83.5 Å². The predicted octanol–water partition coefficient (Wildman–Crippen LogP) is 11.1. The fraction of sp³-hybridized carbons (Fsp3) is 0.732. The van der Waals surface area contributed by atoms with Crippen LogP contribution < -0.4 is 0 Å². The van der Waals surface area contributed by atoms with Crippen molar-refractivity contribution in [3.05, 3.63) is 48.6 Å². The van der Waals surface area contributed by atoms with Crippen molar-refractivity contribution >= 4 is 25.5 Å². The Hall–Kier alpha value is -2.32. The van der Waals surface area contributed by atoms with Crippen LogP contribution in [0.15, 0.2) is 48.6 Å². The number of hydrogen-bond donors (Lipinski definition) is 2. The number of phosphoric ester groups is 1. The van der Waals surface area contributed by atoms with Gasteiger partial charge in [-0.05, 0) is 70.3 Å². The van der Waals surface area contributed by atoms with Crippen molar-refractivity contribution in [2.24, 2.45) is 0 Å². The Morgan fingerprint density at radius 2 is 1.06 bits per heavy atom. The molecule has 0 heterocycles. The van der Waals surface area contributed by atoms with Crippen LogP contribution in [0.1, 0.15) is 174 Å². The minimum atomic E-state index is -4.77. The predicted molar refractivity (Wildman–Crippen MR) is 207 cm³/mol. The average molecular weight is 739 g/mol. The third kappa shape index (κ3) is 38.7. The van der Waals surface area contributed by atoms with Crippen molar-refractivity contribution in [2.45, 2.75) is 180 Å². The average Bonchev–Trinajstić information content (AvgIpc) is 3.09. The second-order valence-corrected chi connectivity index (χ2v) is 14.5. The molecule has 0 aromatic rings. The molecule has 51 heavy (non-hydrogen) atoms. The van der Waals surface area contributed by atoms with Gasteiger partial charge in [0.2, 0.25) is 0 Å². The summed E-state index contributed by atoms with van der Waals surface area (Å²) in [4.78, 5) is 54.5. The Kier molecular flexibility index (Phi) is 34.4. The fourth-order valence-corrected chi connectivity index (χ4v) is 5.63. The van der Waals surface area contributed by atoms with Crippen LogP contribution in [0.3, 0.4) is 0 Å². The van der Waals surface area contributed by atoms with Crippen LogP contribution in [-0.4, -0.2) is 46.8 Å². The number of allylic oxidation sites excluding steroid dienone is 8. The summed E-state index contributed by atoms with van der Waals surface area (Å²) in [7, 11) is -4.77. The molecule has 9 nitrogen and oxygen atoms in total. The van der Waals surface area contributed by atoms with Crippen LogP contribution in [0.2, 0.25) is 0 Å². The summed E-state index contributed by atoms with van der Waals surface area (Å²) in [6.07, 6.45) is 39.5. The second kappa shape index (κ2) is 36.1. The lowest BCUT2D eigenvalue weighted by Gasteiger charge is -2.18. The molecule has 0 aromatic heterocycles. The molecule has 0 radical (unpaired) electrons. The van der Waals surface area contributed by atoms with E-state index in [9.17, 15) is 18.9 Å². The first kappa shape index (κ1) is 48.7. The van der Waals surface area contributed by atoms with Gasteiger partial charge in [0.1, 0.15) is 6.61 Å². The molecule has 0 aliphatic carbocycles. The molecule has 0 spiro atoms. The van der Waals surface area contributed by atoms with Gasteiger partial charge in [0.25, 0.3) is 0 Å². The van der Waals surface area contributed by atoms with Gasteiger partial charge in [0.05, 0.1) is 6.61 Å². The molecule has 294 valence electrons. The zero-order valence-electron chi connectivity index (χ0n) is 32.0. The van der Waals surface area contributed by atoms with Gasteiger partial charge < -0.3 is 19.3 Å². The molecule has 0 saturated heterocycles. The van der Waals surface area contributed by atoms with E-state index in [0.29, 0.717) is 19.3 Å². The van der Waals surface area contributed by atoms with Gasteiger partial charge in [-0.2, -0.15) is 0 Å². The maximum atomic E-state index is 12.4. The lowest BCUT2D eigenvalue weighted by molar-refractivity contribution is -0.161. The fourth-order valence-electron chi connectivity index (χ4n) is 5.27. The van der Waals surface area contributed by atoms with E-state index >= 15 is 0 Å². The van der Waals surface area contributed by atoms with Gasteiger partial charge in [-0.25, -0.2) is 4.57 Å². The third-order valence-corrected chi connectivity index (χ3v) is 8.78. The van der Waals surface area contributed by atoms with Crippen LogP contribution in [0.25, 0.3) is 0 Å². The number of phosphoric acid groups is 1. The highest BCUT2D eigenvalue weighted by Crippen LogP contribution is 2.36. The lowest BCUT2D eigenvalue weighted by Crippen LogP contribution is -2.29. The molecule has 0 aromatic carbocycles. The van der Waals surface area contributed by atoms with Crippen molar-refractivity contribution < 1.29 is 42.7 Å². The molecule has 0 bridgehead atoms. The zero-order chi connectivity index (χ0) is 37.7. The van der Waals surface area contributed by atoms with E-state index in [1.807, 2.05) is 12.2 Å². The first-order valence-electron chi connectivity index (χ1n) is 19.9. The molecular formula is C41H71O9P. The van der Waals surface area contributed by atoms with Gasteiger partial charge in [0.15, 0.2) is 11.9 Å². The molecular weight excluding hydrogens is 667 g/mol. The molecule has 0 unspecified atom stereocenters. The normalized spacial score (nSPS) is 12.9. The minimum absolute atomic E-state index is 0.172. The van der Waals surface area contributed by atoms with Crippen molar-refractivity contribution in [3.63, 3.8) is 0 Å². The Bertz CT molecular complexity index is 1030. The van der Waals surface area contributed by atoms with Gasteiger partial charge in [-0.15, -0.1) is 0 Å². The standard InChI is InChI=1S/C41H71O9P/c1-3-5-7-8-9-10-11-12-13-14-15-16-17-20-24-27-31-35-41(44)50-39(37-49-51(45,46)47)36-48-40(43)34-30-26-23-21-18-19-22-25-29-33-38(42)32-28-6-4-2/h9-10,12-13,22,25,29,33,39H,3-8,11,14-21,23-24,26-28,30-32,34-37H2,1-2H3,(H2,45,46,47)/b10-9-,13-12-,25-22-,33-29+/t39-/m1/s1. The van der Waals surface area contributed by atoms with Crippen molar-refractivity contribution in [1.82, 2.24) is 0 Å². The lowest BCUT2D eigenvalue weighted by atomic mass is 10.1. The smallest absolute Gasteiger partial charge is 0.462 e. The third-order valence-electron chi connectivity index (χ3n) is 8.30. The zero-order valence-corrected chi connectivity index (χ0v) is 32.9. The molecule has 0 amide bonds. The van der Waals surface area contributed by atoms with Crippen LogP contribution in [0.4, 0.5) is 0 Å². The quantitative estimate of drug-likeness (QED) is 0.0161. The molecule has 0 aliphatic heterocycles. The maximum absolute atomic E-state index is 12.4. The number of unbranched alkanes of at least 4 members (excludes halogenated alkanes) is 17. The van der Waals surface area contributed by atoms with E-state index in [2.05, 4.69) is 48.8 Å². The molecule has 2 N–H and O–H groups in total. The van der Waals surface area contributed by atoms with Crippen LogP contribution in [-0.2, 0) is 32.9 Å². The van der Waals surface area contributed by atoms with E-state index in [-0.39, 0.29) is 25.2 Å². The highest BCUT2D eigenvalue weighted by Gasteiger charge is 2.22. The van der Waals surface area contributed by atoms with E-state index in [4.69, 9.17) is 19.3 Å². The van der Waals surface area contributed by atoms with Gasteiger partial charge >= 0.3 is 19.8 Å². The number of ether oxygens (including phenoxy) is 2. The van der Waals surface area contributed by atoms with Crippen molar-refractivity contribution in [2.75, 3.05) is 13.2 Å². The summed E-state index contributed by atoms with van der Waals surface area (Å²) in [6.45, 7) is 3.46. The van der Waals surface area contributed by atoms with Crippen LogP contribution in [0.5, 0.6) is 0 Å². The molecule has 1 atom stereocenters. The number of esters is 2. The molecule has 0 rings (SSSR count). The monoisotopic (exact) mass is 738 g/mol. The maximum Gasteiger partial charge on any atom is 0.469 e.